The lowest BCUT2D eigenvalue weighted by Crippen LogP contribution is -2.07. The van der Waals surface area contributed by atoms with Crippen LogP contribution in [0.3, 0.4) is 0 Å². The third-order valence-electron chi connectivity index (χ3n) is 3.19. The van der Waals surface area contributed by atoms with Crippen molar-refractivity contribution in [1.29, 1.82) is 0 Å². The molecule has 0 radical (unpaired) electrons. The van der Waals surface area contributed by atoms with Gasteiger partial charge < -0.3 is 9.84 Å². The van der Waals surface area contributed by atoms with Crippen molar-refractivity contribution >= 4 is 5.57 Å². The third kappa shape index (κ3) is 3.36. The zero-order chi connectivity index (χ0) is 13.0. The molecule has 1 atom stereocenters. The molecule has 1 aromatic carbocycles. The molecule has 18 heavy (non-hydrogen) atoms. The van der Waals surface area contributed by atoms with Crippen LogP contribution in [0.15, 0.2) is 30.3 Å². The number of benzene rings is 1. The highest BCUT2D eigenvalue weighted by atomic mass is 16.5. The quantitative estimate of drug-likeness (QED) is 0.879. The van der Waals surface area contributed by atoms with Crippen LogP contribution in [0.25, 0.3) is 5.57 Å². The number of ether oxygens (including phenoxy) is 1. The molecule has 1 unspecified atom stereocenters. The maximum atomic E-state index is 9.88. The molecule has 2 heteroatoms. The van der Waals surface area contributed by atoms with E-state index in [-0.39, 0.29) is 12.2 Å². The molecular formula is C16H22O2. The molecule has 0 spiro atoms. The van der Waals surface area contributed by atoms with Crippen molar-refractivity contribution in [3.8, 4) is 5.75 Å². The number of rotatable bonds is 3. The van der Waals surface area contributed by atoms with Gasteiger partial charge >= 0.3 is 0 Å². The van der Waals surface area contributed by atoms with E-state index >= 15 is 0 Å². The Hall–Kier alpha value is -1.28. The Morgan fingerprint density at radius 3 is 2.78 bits per heavy atom. The van der Waals surface area contributed by atoms with Gasteiger partial charge in [0.25, 0.3) is 0 Å². The molecule has 1 N–H and O–H groups in total. The number of allylic oxidation sites excluding steroid dienone is 1. The van der Waals surface area contributed by atoms with E-state index in [9.17, 15) is 5.11 Å². The summed E-state index contributed by atoms with van der Waals surface area (Å²) in [6.45, 7) is 4.07. The Bertz CT molecular complexity index is 421. The van der Waals surface area contributed by atoms with E-state index in [1.54, 1.807) is 0 Å². The molecule has 2 nitrogen and oxygen atoms in total. The molecule has 0 aromatic heterocycles. The number of aliphatic hydroxyl groups excluding tert-OH is 1. The minimum Gasteiger partial charge on any atom is -0.490 e. The van der Waals surface area contributed by atoms with Crippen molar-refractivity contribution in [2.24, 2.45) is 0 Å². The second kappa shape index (κ2) is 6.05. The van der Waals surface area contributed by atoms with Crippen molar-refractivity contribution in [3.63, 3.8) is 0 Å². The minimum atomic E-state index is -0.311. The first-order chi connectivity index (χ1) is 8.66. The zero-order valence-electron chi connectivity index (χ0n) is 11.2. The first-order valence-electron chi connectivity index (χ1n) is 6.81. The summed E-state index contributed by atoms with van der Waals surface area (Å²) in [6, 6.07) is 8.12. The summed E-state index contributed by atoms with van der Waals surface area (Å²) in [6.07, 6.45) is 5.98. The van der Waals surface area contributed by atoms with Crippen LogP contribution in [0.1, 0.15) is 45.1 Å². The maximum absolute atomic E-state index is 9.88. The van der Waals surface area contributed by atoms with Crippen LogP contribution in [0, 0.1) is 0 Å². The number of hydrogen-bond donors (Lipinski definition) is 1. The minimum absolute atomic E-state index is 0.169. The van der Waals surface area contributed by atoms with Gasteiger partial charge in [-0.05, 0) is 44.7 Å². The van der Waals surface area contributed by atoms with E-state index in [4.69, 9.17) is 4.74 Å². The Morgan fingerprint density at radius 1 is 1.22 bits per heavy atom. The molecule has 0 fully saturated rings. The van der Waals surface area contributed by atoms with Gasteiger partial charge in [-0.2, -0.15) is 0 Å². The summed E-state index contributed by atoms with van der Waals surface area (Å²) in [5.41, 5.74) is 2.35. The lowest BCUT2D eigenvalue weighted by Gasteiger charge is -2.16. The predicted molar refractivity (Wildman–Crippen MR) is 74.7 cm³/mol. The molecule has 1 aromatic rings. The standard InChI is InChI=1S/C16H22O2/c1-12(2)18-16-10-6-5-9-15(16)13-7-3-4-8-14(17)11-13/h5-6,9-12,14,17H,3-4,7-8H2,1-2H3. The average Bonchev–Trinajstić information content (AvgIpc) is 2.54. The highest BCUT2D eigenvalue weighted by Gasteiger charge is 2.14. The van der Waals surface area contributed by atoms with Crippen LogP contribution >= 0.6 is 0 Å². The van der Waals surface area contributed by atoms with E-state index < -0.39 is 0 Å². The Kier molecular flexibility index (Phi) is 4.43. The first-order valence-corrected chi connectivity index (χ1v) is 6.81. The second-order valence-electron chi connectivity index (χ2n) is 5.17. The van der Waals surface area contributed by atoms with Crippen LogP contribution in [-0.4, -0.2) is 17.3 Å². The Labute approximate surface area is 109 Å². The van der Waals surface area contributed by atoms with Crippen LogP contribution in [-0.2, 0) is 0 Å². The van der Waals surface area contributed by atoms with Gasteiger partial charge in [0.05, 0.1) is 12.2 Å². The Morgan fingerprint density at radius 2 is 2.00 bits per heavy atom. The summed E-state index contributed by atoms with van der Waals surface area (Å²) in [7, 11) is 0. The topological polar surface area (TPSA) is 29.5 Å². The number of para-hydroxylation sites is 1. The van der Waals surface area contributed by atoms with Gasteiger partial charge in [0.2, 0.25) is 0 Å². The first kappa shape index (κ1) is 13.2. The summed E-state index contributed by atoms with van der Waals surface area (Å²) in [4.78, 5) is 0. The molecule has 1 aliphatic rings. The number of hydrogen-bond acceptors (Lipinski definition) is 2. The van der Waals surface area contributed by atoms with Crippen molar-refractivity contribution in [3.05, 3.63) is 35.9 Å². The molecule has 0 aliphatic heterocycles. The van der Waals surface area contributed by atoms with Gasteiger partial charge in [-0.3, -0.25) is 0 Å². The van der Waals surface area contributed by atoms with Gasteiger partial charge in [0, 0.05) is 5.56 Å². The molecule has 2 rings (SSSR count). The van der Waals surface area contributed by atoms with Crippen LogP contribution < -0.4 is 4.74 Å². The zero-order valence-corrected chi connectivity index (χ0v) is 11.2. The summed E-state index contributed by atoms with van der Waals surface area (Å²) in [5, 5.41) is 9.88. The van der Waals surface area contributed by atoms with E-state index in [2.05, 4.69) is 6.07 Å². The SMILES string of the molecule is CC(C)Oc1ccccc1C1=CC(O)CCCC1. The molecule has 0 heterocycles. The molecule has 0 bridgehead atoms. The predicted octanol–water partition coefficient (Wildman–Crippen LogP) is 3.79. The lowest BCUT2D eigenvalue weighted by molar-refractivity contribution is 0.211. The second-order valence-corrected chi connectivity index (χ2v) is 5.17. The van der Waals surface area contributed by atoms with E-state index in [0.29, 0.717) is 0 Å². The van der Waals surface area contributed by atoms with Crippen molar-refractivity contribution in [1.82, 2.24) is 0 Å². The van der Waals surface area contributed by atoms with Gasteiger partial charge in [0.1, 0.15) is 5.75 Å². The van der Waals surface area contributed by atoms with Crippen LogP contribution in [0.4, 0.5) is 0 Å². The van der Waals surface area contributed by atoms with E-state index in [0.717, 1.165) is 37.0 Å². The van der Waals surface area contributed by atoms with Crippen molar-refractivity contribution < 1.29 is 9.84 Å². The Balaban J connectivity index is 2.31. The maximum Gasteiger partial charge on any atom is 0.127 e. The summed E-state index contributed by atoms with van der Waals surface area (Å²) < 4.78 is 5.85. The van der Waals surface area contributed by atoms with Gasteiger partial charge in [-0.25, -0.2) is 0 Å². The third-order valence-corrected chi connectivity index (χ3v) is 3.19. The van der Waals surface area contributed by atoms with Gasteiger partial charge in [0.15, 0.2) is 0 Å². The number of aliphatic hydroxyl groups is 1. The molecule has 98 valence electrons. The molecule has 0 amide bonds. The fourth-order valence-electron chi connectivity index (χ4n) is 2.38. The summed E-state index contributed by atoms with van der Waals surface area (Å²) in [5.74, 6) is 0.924. The highest BCUT2D eigenvalue weighted by Crippen LogP contribution is 2.32. The lowest BCUT2D eigenvalue weighted by atomic mass is 10.00. The molecule has 0 saturated carbocycles. The fraction of sp³-hybridized carbons (Fsp3) is 0.500. The molecule has 0 saturated heterocycles. The monoisotopic (exact) mass is 246 g/mol. The highest BCUT2D eigenvalue weighted by molar-refractivity contribution is 5.71. The van der Waals surface area contributed by atoms with Crippen molar-refractivity contribution in [2.45, 2.75) is 51.7 Å². The largest absolute Gasteiger partial charge is 0.490 e. The molecular weight excluding hydrogens is 224 g/mol. The fourth-order valence-corrected chi connectivity index (χ4v) is 2.38. The van der Waals surface area contributed by atoms with E-state index in [1.165, 1.54) is 5.57 Å². The molecule has 1 aliphatic carbocycles. The smallest absolute Gasteiger partial charge is 0.127 e. The van der Waals surface area contributed by atoms with Crippen molar-refractivity contribution in [2.75, 3.05) is 0 Å². The summed E-state index contributed by atoms with van der Waals surface area (Å²) >= 11 is 0. The van der Waals surface area contributed by atoms with E-state index in [1.807, 2.05) is 38.1 Å². The van der Waals surface area contributed by atoms with Gasteiger partial charge in [-0.15, -0.1) is 0 Å². The average molecular weight is 246 g/mol. The van der Waals surface area contributed by atoms with Crippen LogP contribution in [0.2, 0.25) is 0 Å². The normalized spacial score (nSPS) is 20.4. The van der Waals surface area contributed by atoms with Crippen LogP contribution in [0.5, 0.6) is 5.75 Å². The van der Waals surface area contributed by atoms with Gasteiger partial charge in [-0.1, -0.05) is 30.7 Å².